The van der Waals surface area contributed by atoms with Gasteiger partial charge in [0.25, 0.3) is 0 Å². The van der Waals surface area contributed by atoms with Gasteiger partial charge in [-0.3, -0.25) is 0 Å². The number of hydrogen-bond acceptors (Lipinski definition) is 3. The van der Waals surface area contributed by atoms with Gasteiger partial charge in [0, 0.05) is 17.3 Å². The monoisotopic (exact) mass is 293 g/mol. The van der Waals surface area contributed by atoms with Crippen molar-refractivity contribution in [2.45, 2.75) is 19.6 Å². The number of aliphatic hydroxyl groups is 1. The van der Waals surface area contributed by atoms with E-state index in [9.17, 15) is 13.9 Å². The molecule has 0 aliphatic heterocycles. The average Bonchev–Trinajstić information content (AvgIpc) is 2.49. The molecular weight excluding hydrogens is 276 g/mol. The van der Waals surface area contributed by atoms with E-state index < -0.39 is 11.6 Å². The number of anilines is 1. The molecule has 0 aromatic heterocycles. The second-order valence-electron chi connectivity index (χ2n) is 4.75. The van der Waals surface area contributed by atoms with Crippen LogP contribution in [0.1, 0.15) is 12.5 Å². The maximum absolute atomic E-state index is 13.1. The Labute approximate surface area is 122 Å². The maximum Gasteiger partial charge on any atom is 0.162 e. The molecule has 2 N–H and O–H groups in total. The van der Waals surface area contributed by atoms with E-state index in [-0.39, 0.29) is 25.0 Å². The minimum atomic E-state index is -0.932. The minimum absolute atomic E-state index is 0.0556. The van der Waals surface area contributed by atoms with Gasteiger partial charge in [0.15, 0.2) is 11.6 Å². The van der Waals surface area contributed by atoms with E-state index in [4.69, 9.17) is 4.74 Å². The molecule has 0 fully saturated rings. The van der Waals surface area contributed by atoms with Gasteiger partial charge in [-0.1, -0.05) is 18.2 Å². The van der Waals surface area contributed by atoms with E-state index in [2.05, 4.69) is 5.32 Å². The molecule has 1 atom stereocenters. The summed E-state index contributed by atoms with van der Waals surface area (Å²) in [5.41, 5.74) is 1.61. The van der Waals surface area contributed by atoms with Crippen LogP contribution < -0.4 is 10.1 Å². The molecule has 0 aliphatic carbocycles. The quantitative estimate of drug-likeness (QED) is 0.858. The molecule has 0 aliphatic rings. The first-order chi connectivity index (χ1) is 10.1. The Hall–Kier alpha value is -2.14. The van der Waals surface area contributed by atoms with Gasteiger partial charge >= 0.3 is 0 Å². The summed E-state index contributed by atoms with van der Waals surface area (Å²) in [4.78, 5) is 0. The van der Waals surface area contributed by atoms with Crippen molar-refractivity contribution in [1.82, 2.24) is 0 Å². The zero-order chi connectivity index (χ0) is 15.2. The second kappa shape index (κ2) is 7.04. The Morgan fingerprint density at radius 2 is 1.90 bits per heavy atom. The molecule has 0 radical (unpaired) electrons. The van der Waals surface area contributed by atoms with Crippen LogP contribution in [0.15, 0.2) is 42.5 Å². The molecule has 3 nitrogen and oxygen atoms in total. The molecule has 2 aromatic rings. The smallest absolute Gasteiger partial charge is 0.162 e. The van der Waals surface area contributed by atoms with Gasteiger partial charge < -0.3 is 15.2 Å². The Morgan fingerprint density at radius 3 is 2.62 bits per heavy atom. The molecule has 0 spiro atoms. The van der Waals surface area contributed by atoms with E-state index in [0.717, 1.165) is 23.4 Å². The first-order valence-electron chi connectivity index (χ1n) is 6.63. The first-order valence-corrected chi connectivity index (χ1v) is 6.63. The van der Waals surface area contributed by atoms with Crippen molar-refractivity contribution in [3.63, 3.8) is 0 Å². The lowest BCUT2D eigenvalue weighted by atomic mass is 10.1. The number of ether oxygens (including phenoxy) is 1. The fraction of sp³-hybridized carbons (Fsp3) is 0.250. The molecule has 2 aromatic carbocycles. The number of aliphatic hydroxyl groups excluding tert-OH is 1. The summed E-state index contributed by atoms with van der Waals surface area (Å²) >= 11 is 0. The molecule has 0 heterocycles. The lowest BCUT2D eigenvalue weighted by molar-refractivity contribution is 0.281. The summed E-state index contributed by atoms with van der Waals surface area (Å²) < 4.78 is 31.3. The molecule has 0 amide bonds. The summed E-state index contributed by atoms with van der Waals surface area (Å²) in [6, 6.07) is 10.8. The zero-order valence-corrected chi connectivity index (χ0v) is 11.6. The number of halogens is 2. The standard InChI is InChI=1S/C16H17F2NO2/c1-11(19-16-5-3-2-4-12(16)9-20)10-21-13-6-7-14(17)15(18)8-13/h2-8,11,19-20H,9-10H2,1H3. The van der Waals surface area contributed by atoms with Crippen LogP contribution in [0.3, 0.4) is 0 Å². The summed E-state index contributed by atoms with van der Waals surface area (Å²) in [6.07, 6.45) is 0. The third-order valence-electron chi connectivity index (χ3n) is 2.98. The third kappa shape index (κ3) is 4.16. The number of rotatable bonds is 6. The predicted octanol–water partition coefficient (Wildman–Crippen LogP) is 3.34. The number of para-hydroxylation sites is 1. The van der Waals surface area contributed by atoms with Gasteiger partial charge in [-0.25, -0.2) is 8.78 Å². The van der Waals surface area contributed by atoms with Crippen molar-refractivity contribution in [3.05, 3.63) is 59.7 Å². The van der Waals surface area contributed by atoms with Crippen molar-refractivity contribution in [2.75, 3.05) is 11.9 Å². The van der Waals surface area contributed by atoms with E-state index in [1.807, 2.05) is 31.2 Å². The lowest BCUT2D eigenvalue weighted by Gasteiger charge is -2.18. The Bertz CT molecular complexity index is 605. The highest BCUT2D eigenvalue weighted by molar-refractivity contribution is 5.51. The summed E-state index contributed by atoms with van der Waals surface area (Å²) in [5.74, 6) is -1.55. The second-order valence-corrected chi connectivity index (χ2v) is 4.75. The molecule has 21 heavy (non-hydrogen) atoms. The topological polar surface area (TPSA) is 41.5 Å². The highest BCUT2D eigenvalue weighted by Crippen LogP contribution is 2.18. The van der Waals surface area contributed by atoms with Crippen molar-refractivity contribution in [3.8, 4) is 5.75 Å². The molecule has 0 bridgehead atoms. The van der Waals surface area contributed by atoms with E-state index in [1.165, 1.54) is 6.07 Å². The summed E-state index contributed by atoms with van der Waals surface area (Å²) in [6.45, 7) is 2.12. The van der Waals surface area contributed by atoms with Crippen molar-refractivity contribution >= 4 is 5.69 Å². The normalized spacial score (nSPS) is 12.0. The summed E-state index contributed by atoms with van der Waals surface area (Å²) in [5, 5.41) is 12.5. The van der Waals surface area contributed by atoms with E-state index >= 15 is 0 Å². The van der Waals surface area contributed by atoms with Crippen LogP contribution in [0.25, 0.3) is 0 Å². The number of hydrogen-bond donors (Lipinski definition) is 2. The SMILES string of the molecule is CC(COc1ccc(F)c(F)c1)Nc1ccccc1CO. The molecule has 1 unspecified atom stereocenters. The summed E-state index contributed by atoms with van der Waals surface area (Å²) in [7, 11) is 0. The Balaban J connectivity index is 1.92. The number of benzene rings is 2. The predicted molar refractivity (Wildman–Crippen MR) is 77.3 cm³/mol. The fourth-order valence-corrected chi connectivity index (χ4v) is 1.89. The van der Waals surface area contributed by atoms with Crippen LogP contribution in [0.5, 0.6) is 5.75 Å². The van der Waals surface area contributed by atoms with Crippen LogP contribution in [-0.4, -0.2) is 17.8 Å². The first kappa shape index (κ1) is 15.3. The van der Waals surface area contributed by atoms with Crippen LogP contribution in [-0.2, 0) is 6.61 Å². The Kier molecular flexibility index (Phi) is 5.11. The van der Waals surface area contributed by atoms with Gasteiger partial charge in [0.2, 0.25) is 0 Å². The van der Waals surface area contributed by atoms with Crippen molar-refractivity contribution in [1.29, 1.82) is 0 Å². The fourth-order valence-electron chi connectivity index (χ4n) is 1.89. The van der Waals surface area contributed by atoms with Gasteiger partial charge in [0.1, 0.15) is 12.4 Å². The van der Waals surface area contributed by atoms with Crippen LogP contribution >= 0.6 is 0 Å². The van der Waals surface area contributed by atoms with Crippen LogP contribution in [0.2, 0.25) is 0 Å². The van der Waals surface area contributed by atoms with E-state index in [0.29, 0.717) is 0 Å². The number of nitrogens with one attached hydrogen (secondary N) is 1. The third-order valence-corrected chi connectivity index (χ3v) is 2.98. The highest BCUT2D eigenvalue weighted by atomic mass is 19.2. The molecule has 0 saturated heterocycles. The molecule has 5 heteroatoms. The van der Waals surface area contributed by atoms with Gasteiger partial charge in [0.05, 0.1) is 12.6 Å². The molecular formula is C16H17F2NO2. The minimum Gasteiger partial charge on any atom is -0.491 e. The van der Waals surface area contributed by atoms with Crippen molar-refractivity contribution in [2.24, 2.45) is 0 Å². The Morgan fingerprint density at radius 1 is 1.14 bits per heavy atom. The van der Waals surface area contributed by atoms with Gasteiger partial charge in [-0.2, -0.15) is 0 Å². The van der Waals surface area contributed by atoms with E-state index in [1.54, 1.807) is 0 Å². The van der Waals surface area contributed by atoms with Crippen LogP contribution in [0, 0.1) is 11.6 Å². The van der Waals surface area contributed by atoms with Gasteiger partial charge in [-0.15, -0.1) is 0 Å². The maximum atomic E-state index is 13.1. The molecule has 112 valence electrons. The molecule has 0 saturated carbocycles. The molecule has 2 rings (SSSR count). The van der Waals surface area contributed by atoms with Crippen LogP contribution in [0.4, 0.5) is 14.5 Å². The highest BCUT2D eigenvalue weighted by Gasteiger charge is 2.08. The average molecular weight is 293 g/mol. The zero-order valence-electron chi connectivity index (χ0n) is 11.6. The largest absolute Gasteiger partial charge is 0.491 e. The van der Waals surface area contributed by atoms with Crippen molar-refractivity contribution < 1.29 is 18.6 Å². The van der Waals surface area contributed by atoms with Gasteiger partial charge in [-0.05, 0) is 25.1 Å². The lowest BCUT2D eigenvalue weighted by Crippen LogP contribution is -2.24.